The van der Waals surface area contributed by atoms with E-state index in [2.05, 4.69) is 0 Å². The highest BCUT2D eigenvalue weighted by molar-refractivity contribution is 5.69. The molecule has 0 radical (unpaired) electrons. The molecule has 0 aliphatic rings. The second-order valence-electron chi connectivity index (χ2n) is 11.2. The van der Waals surface area contributed by atoms with Crippen LogP contribution in [-0.4, -0.2) is 173 Å². The number of carboxylic acid groups (broad SMARTS) is 1. The minimum absolute atomic E-state index is 0.0569. The Morgan fingerprint density at radius 1 is 0.500 bits per heavy atom. The quantitative estimate of drug-likeness (QED) is 0.0752. The Morgan fingerprint density at radius 2 is 0.812 bits per heavy atom. The van der Waals surface area contributed by atoms with E-state index in [1.807, 2.05) is 20.8 Å². The summed E-state index contributed by atoms with van der Waals surface area (Å²) in [5.74, 6) is -1.22. The number of carboxylic acids is 1. The molecule has 0 bridgehead atoms. The van der Waals surface area contributed by atoms with E-state index in [0.717, 1.165) is 0 Å². The van der Waals surface area contributed by atoms with E-state index >= 15 is 0 Å². The molecule has 0 atom stereocenters. The summed E-state index contributed by atoms with van der Waals surface area (Å²) in [7, 11) is 1.67. The fraction of sp³-hybridized carbons (Fsp3) is 0.906. The number of rotatable bonds is 35. The maximum Gasteiger partial charge on any atom is 0.410 e. The molecule has 0 aromatic carbocycles. The summed E-state index contributed by atoms with van der Waals surface area (Å²) < 4.78 is 59.2. The van der Waals surface area contributed by atoms with Crippen LogP contribution in [0.4, 0.5) is 4.79 Å². The van der Waals surface area contributed by atoms with Gasteiger partial charge in [-0.2, -0.15) is 0 Å². The maximum absolute atomic E-state index is 11.8. The molecule has 0 unspecified atom stereocenters. The number of amides is 1. The molecule has 48 heavy (non-hydrogen) atoms. The Bertz CT molecular complexity index is 766. The molecule has 0 aliphatic heterocycles. The van der Waals surface area contributed by atoms with Gasteiger partial charge in [-0.3, -0.25) is 9.59 Å². The Labute approximate surface area is 285 Å². The van der Waals surface area contributed by atoms with E-state index in [-0.39, 0.29) is 38.1 Å². The van der Waals surface area contributed by atoms with Gasteiger partial charge in [0.25, 0.3) is 0 Å². The van der Waals surface area contributed by atoms with Crippen molar-refractivity contribution in [1.29, 1.82) is 0 Å². The molecule has 1 N–H and O–H groups in total. The minimum Gasteiger partial charge on any atom is -0.481 e. The Balaban J connectivity index is 3.19. The van der Waals surface area contributed by atoms with Crippen LogP contribution in [-0.2, 0) is 61.7 Å². The van der Waals surface area contributed by atoms with E-state index in [4.69, 9.17) is 57.2 Å². The Morgan fingerprint density at radius 3 is 1.15 bits per heavy atom. The van der Waals surface area contributed by atoms with Crippen molar-refractivity contribution < 1.29 is 71.6 Å². The average Bonchev–Trinajstić information content (AvgIpc) is 3.03. The number of likely N-dealkylation sites (N-methyl/N-ethyl adjacent to an activating group) is 1. The minimum atomic E-state index is -0.866. The second-order valence-corrected chi connectivity index (χ2v) is 11.2. The summed E-state index contributed by atoms with van der Waals surface area (Å²) in [6.07, 6.45) is 0.850. The first-order valence-electron chi connectivity index (χ1n) is 16.6. The van der Waals surface area contributed by atoms with Gasteiger partial charge in [0.05, 0.1) is 119 Å². The molecule has 0 fully saturated rings. The van der Waals surface area contributed by atoms with Gasteiger partial charge in [0.1, 0.15) is 12.2 Å². The fourth-order valence-electron chi connectivity index (χ4n) is 3.33. The maximum atomic E-state index is 11.8. The number of carbonyl (C=O) groups is 3. The predicted molar refractivity (Wildman–Crippen MR) is 173 cm³/mol. The van der Waals surface area contributed by atoms with E-state index in [0.29, 0.717) is 132 Å². The van der Waals surface area contributed by atoms with Crippen molar-refractivity contribution >= 4 is 18.0 Å². The van der Waals surface area contributed by atoms with Crippen molar-refractivity contribution in [2.45, 2.75) is 52.1 Å². The third kappa shape index (κ3) is 36.7. The predicted octanol–water partition coefficient (Wildman–Crippen LogP) is 2.19. The first-order chi connectivity index (χ1) is 23.1. The standard InChI is InChI=1S/C32H61NO15/c1-32(2,3)48-31(37)33(4)9-10-38-11-12-39-13-14-40-15-16-41-17-18-42-19-20-43-21-22-44-23-24-45-25-26-46-27-28-47-30(36)8-6-5-7-29(34)35/h5-28H2,1-4H3,(H,34,35). The van der Waals surface area contributed by atoms with Gasteiger partial charge in [-0.25, -0.2) is 4.79 Å². The lowest BCUT2D eigenvalue weighted by atomic mass is 10.2. The molecule has 16 nitrogen and oxygen atoms in total. The molecule has 1 amide bonds. The largest absolute Gasteiger partial charge is 0.481 e. The highest BCUT2D eigenvalue weighted by Gasteiger charge is 2.19. The van der Waals surface area contributed by atoms with Gasteiger partial charge in [-0.05, 0) is 33.6 Å². The van der Waals surface area contributed by atoms with Crippen LogP contribution >= 0.6 is 0 Å². The second kappa shape index (κ2) is 33.4. The lowest BCUT2D eigenvalue weighted by Crippen LogP contribution is -2.36. The van der Waals surface area contributed by atoms with Crippen LogP contribution in [0, 0.1) is 0 Å². The molecular weight excluding hydrogens is 638 g/mol. The van der Waals surface area contributed by atoms with Gasteiger partial charge < -0.3 is 62.1 Å². The van der Waals surface area contributed by atoms with Crippen molar-refractivity contribution in [1.82, 2.24) is 4.90 Å². The molecule has 0 aromatic heterocycles. The number of aliphatic carboxylic acids is 1. The summed E-state index contributed by atoms with van der Waals surface area (Å²) in [5, 5.41) is 8.55. The zero-order valence-corrected chi connectivity index (χ0v) is 29.6. The first kappa shape index (κ1) is 45.9. The van der Waals surface area contributed by atoms with E-state index in [1.54, 1.807) is 7.05 Å². The van der Waals surface area contributed by atoms with Crippen molar-refractivity contribution in [3.05, 3.63) is 0 Å². The number of esters is 1. The van der Waals surface area contributed by atoms with Gasteiger partial charge in [-0.15, -0.1) is 0 Å². The topological polar surface area (TPSA) is 176 Å². The van der Waals surface area contributed by atoms with Gasteiger partial charge in [0, 0.05) is 26.4 Å². The Hall–Kier alpha value is -2.15. The lowest BCUT2D eigenvalue weighted by molar-refractivity contribution is -0.146. The molecular formula is C32H61NO15. The number of unbranched alkanes of at least 4 members (excludes halogenated alkanes) is 1. The van der Waals surface area contributed by atoms with Crippen LogP contribution in [0.3, 0.4) is 0 Å². The smallest absolute Gasteiger partial charge is 0.410 e. The highest BCUT2D eigenvalue weighted by atomic mass is 16.6. The molecule has 16 heteroatoms. The molecule has 0 rings (SSSR count). The van der Waals surface area contributed by atoms with E-state index in [9.17, 15) is 14.4 Å². The summed E-state index contributed by atoms with van der Waals surface area (Å²) in [6.45, 7) is 14.0. The average molecular weight is 700 g/mol. The SMILES string of the molecule is CN(CCOCCOCCOCCOCCOCCOCCOCCOCCOCCOC(=O)CCCCC(=O)O)C(=O)OC(C)(C)C. The third-order valence-corrected chi connectivity index (χ3v) is 5.76. The summed E-state index contributed by atoms with van der Waals surface area (Å²) >= 11 is 0. The zero-order chi connectivity index (χ0) is 35.6. The summed E-state index contributed by atoms with van der Waals surface area (Å²) in [4.78, 5) is 35.2. The Kier molecular flexibility index (Phi) is 31.9. The third-order valence-electron chi connectivity index (χ3n) is 5.76. The molecule has 0 aromatic rings. The molecule has 0 saturated carbocycles. The molecule has 0 aliphatic carbocycles. The zero-order valence-electron chi connectivity index (χ0n) is 29.6. The van der Waals surface area contributed by atoms with Crippen molar-refractivity contribution in [3.8, 4) is 0 Å². The normalized spacial score (nSPS) is 11.5. The van der Waals surface area contributed by atoms with Crippen LogP contribution in [0.15, 0.2) is 0 Å². The highest BCUT2D eigenvalue weighted by Crippen LogP contribution is 2.08. The van der Waals surface area contributed by atoms with Gasteiger partial charge in [-0.1, -0.05) is 0 Å². The molecule has 0 heterocycles. The number of nitrogens with zero attached hydrogens (tertiary/aromatic N) is 1. The van der Waals surface area contributed by atoms with Crippen molar-refractivity contribution in [2.24, 2.45) is 0 Å². The number of ether oxygens (including phenoxy) is 11. The van der Waals surface area contributed by atoms with E-state index in [1.165, 1.54) is 4.90 Å². The molecule has 0 spiro atoms. The van der Waals surface area contributed by atoms with Crippen LogP contribution in [0.1, 0.15) is 46.5 Å². The summed E-state index contributed by atoms with van der Waals surface area (Å²) in [6, 6.07) is 0. The monoisotopic (exact) mass is 699 g/mol. The first-order valence-corrected chi connectivity index (χ1v) is 16.6. The van der Waals surface area contributed by atoms with Crippen molar-refractivity contribution in [2.75, 3.05) is 139 Å². The van der Waals surface area contributed by atoms with Crippen LogP contribution < -0.4 is 0 Å². The van der Waals surface area contributed by atoms with E-state index < -0.39 is 11.6 Å². The molecule has 0 saturated heterocycles. The van der Waals surface area contributed by atoms with Gasteiger partial charge in [0.15, 0.2) is 0 Å². The van der Waals surface area contributed by atoms with Crippen LogP contribution in [0.2, 0.25) is 0 Å². The summed E-state index contributed by atoms with van der Waals surface area (Å²) in [5.41, 5.74) is -0.517. The number of hydrogen-bond acceptors (Lipinski definition) is 14. The fourth-order valence-corrected chi connectivity index (χ4v) is 3.33. The van der Waals surface area contributed by atoms with Crippen LogP contribution in [0.5, 0.6) is 0 Å². The number of carbonyl (C=O) groups excluding carboxylic acids is 2. The lowest BCUT2D eigenvalue weighted by Gasteiger charge is -2.24. The van der Waals surface area contributed by atoms with Crippen LogP contribution in [0.25, 0.3) is 0 Å². The van der Waals surface area contributed by atoms with Gasteiger partial charge >= 0.3 is 18.0 Å². The number of hydrogen-bond donors (Lipinski definition) is 1. The molecule has 284 valence electrons. The van der Waals surface area contributed by atoms with Gasteiger partial charge in [0.2, 0.25) is 0 Å². The van der Waals surface area contributed by atoms with Crippen molar-refractivity contribution in [3.63, 3.8) is 0 Å².